The van der Waals surface area contributed by atoms with E-state index in [9.17, 15) is 9.59 Å². The first-order valence-corrected chi connectivity index (χ1v) is 4.94. The van der Waals surface area contributed by atoms with Gasteiger partial charge in [-0.3, -0.25) is 9.59 Å². The summed E-state index contributed by atoms with van der Waals surface area (Å²) in [5, 5.41) is 10.2. The van der Waals surface area contributed by atoms with E-state index in [-0.39, 0.29) is 14.0 Å². The lowest BCUT2D eigenvalue weighted by atomic mass is 10.3. The number of carbonyl (C=O) groups excluding carboxylic acids is 1. The van der Waals surface area contributed by atoms with Crippen LogP contribution in [0.25, 0.3) is 0 Å². The number of hydrogen-bond donors (Lipinski definition) is 4. The Morgan fingerprint density at radius 2 is 1.75 bits per heavy atom. The van der Waals surface area contributed by atoms with Gasteiger partial charge in [-0.05, 0) is 0 Å². The second-order valence-electron chi connectivity index (χ2n) is 2.95. The van der Waals surface area contributed by atoms with E-state index in [0.29, 0.717) is 0 Å². The molecular weight excluding hydrogens is 210 g/mol. The Balaban J connectivity index is -0.000000292. The lowest BCUT2D eigenvalue weighted by Crippen LogP contribution is -2.46. The highest BCUT2D eigenvalue weighted by atomic mass is 16.4. The van der Waals surface area contributed by atoms with Gasteiger partial charge < -0.3 is 21.9 Å². The molecule has 6 N–H and O–H groups in total. The van der Waals surface area contributed by atoms with Crippen molar-refractivity contribution in [3.63, 3.8) is 0 Å². The predicted molar refractivity (Wildman–Crippen MR) is 65.0 cm³/mol. The molecular formula is C10H25N3O3. The minimum atomic E-state index is -1.11. The molecule has 6 nitrogen and oxygen atoms in total. The Bertz CT molecular complexity index is 184. The summed E-state index contributed by atoms with van der Waals surface area (Å²) in [6, 6.07) is -0.825. The lowest BCUT2D eigenvalue weighted by molar-refractivity contribution is -0.138. The van der Waals surface area contributed by atoms with Crippen molar-refractivity contribution in [3.05, 3.63) is 0 Å². The van der Waals surface area contributed by atoms with Crippen molar-refractivity contribution in [3.8, 4) is 0 Å². The van der Waals surface area contributed by atoms with Gasteiger partial charge in [0.05, 0.1) is 6.04 Å². The quantitative estimate of drug-likeness (QED) is 0.531. The van der Waals surface area contributed by atoms with Crippen LogP contribution in [-0.4, -0.2) is 36.1 Å². The minimum Gasteiger partial charge on any atom is -0.480 e. The van der Waals surface area contributed by atoms with Gasteiger partial charge in [0.25, 0.3) is 0 Å². The molecule has 0 aliphatic heterocycles. The highest BCUT2D eigenvalue weighted by Gasteiger charge is 2.10. The van der Waals surface area contributed by atoms with Crippen LogP contribution in [0.3, 0.4) is 0 Å². The maximum absolute atomic E-state index is 10.7. The monoisotopic (exact) mass is 235 g/mol. The molecule has 0 aliphatic carbocycles. The Hall–Kier alpha value is -1.14. The van der Waals surface area contributed by atoms with Crippen molar-refractivity contribution in [2.24, 2.45) is 11.5 Å². The molecule has 0 rings (SSSR count). The van der Waals surface area contributed by atoms with Gasteiger partial charge in [0.1, 0.15) is 6.54 Å². The molecule has 16 heavy (non-hydrogen) atoms. The van der Waals surface area contributed by atoms with Crippen molar-refractivity contribution in [1.82, 2.24) is 5.32 Å². The molecule has 0 saturated carbocycles. The molecule has 0 bridgehead atoms. The van der Waals surface area contributed by atoms with Crippen molar-refractivity contribution >= 4 is 11.9 Å². The summed E-state index contributed by atoms with van der Waals surface area (Å²) in [6.07, 6.45) is 2.64. The molecule has 6 heteroatoms. The molecule has 0 aliphatic rings. The van der Waals surface area contributed by atoms with Gasteiger partial charge >= 0.3 is 5.97 Å². The van der Waals surface area contributed by atoms with Gasteiger partial charge in [-0.2, -0.15) is 0 Å². The molecule has 1 unspecified atom stereocenters. The van der Waals surface area contributed by atoms with E-state index < -0.39 is 24.5 Å². The summed E-state index contributed by atoms with van der Waals surface area (Å²) in [4.78, 5) is 20.6. The third kappa shape index (κ3) is 15.3. The first-order chi connectivity index (χ1) is 6.99. The molecule has 0 aromatic heterocycles. The molecule has 98 valence electrons. The number of carboxylic acids is 1. The first kappa shape index (κ1) is 20.3. The van der Waals surface area contributed by atoms with Crippen LogP contribution < -0.4 is 16.8 Å². The van der Waals surface area contributed by atoms with Crippen LogP contribution in [0.4, 0.5) is 0 Å². The van der Waals surface area contributed by atoms with Crippen molar-refractivity contribution in [2.75, 3.05) is 13.1 Å². The molecule has 0 saturated heterocycles. The van der Waals surface area contributed by atoms with E-state index in [0.717, 1.165) is 0 Å². The Kier molecular flexibility index (Phi) is 17.6. The maximum Gasteiger partial charge on any atom is 0.322 e. The van der Waals surface area contributed by atoms with Crippen molar-refractivity contribution in [2.45, 2.75) is 40.2 Å². The van der Waals surface area contributed by atoms with Crippen LogP contribution in [0, 0.1) is 0 Å². The number of hydrogen-bond acceptors (Lipinski definition) is 4. The van der Waals surface area contributed by atoms with Crippen LogP contribution in [-0.2, 0) is 9.59 Å². The van der Waals surface area contributed by atoms with Crippen LogP contribution in [0.2, 0.25) is 0 Å². The summed E-state index contributed by atoms with van der Waals surface area (Å²) in [5.41, 5.74) is 10.2. The Labute approximate surface area is 97.4 Å². The second-order valence-corrected chi connectivity index (χ2v) is 2.95. The van der Waals surface area contributed by atoms with Gasteiger partial charge in [-0.1, -0.05) is 34.1 Å². The predicted octanol–water partition coefficient (Wildman–Crippen LogP) is -0.0843. The molecule has 0 spiro atoms. The van der Waals surface area contributed by atoms with Crippen LogP contribution >= 0.6 is 0 Å². The fourth-order valence-electron chi connectivity index (χ4n) is 0.401. The maximum atomic E-state index is 10.7. The van der Waals surface area contributed by atoms with Gasteiger partial charge in [0, 0.05) is 6.54 Å². The third-order valence-corrected chi connectivity index (χ3v) is 1.50. The van der Waals surface area contributed by atoms with E-state index in [2.05, 4.69) is 19.2 Å². The van der Waals surface area contributed by atoms with E-state index >= 15 is 0 Å². The van der Waals surface area contributed by atoms with Crippen LogP contribution in [0.1, 0.15) is 34.1 Å². The molecule has 1 atom stereocenters. The number of carboxylic acid groups (broad SMARTS) is 1. The van der Waals surface area contributed by atoms with Crippen molar-refractivity contribution < 1.29 is 14.7 Å². The third-order valence-electron chi connectivity index (χ3n) is 1.50. The molecule has 0 fully saturated rings. The number of nitrogens with two attached hydrogens (primary N) is 2. The van der Waals surface area contributed by atoms with Gasteiger partial charge in [0.2, 0.25) is 5.91 Å². The number of aliphatic carboxylic acids is 1. The number of amides is 1. The fourth-order valence-corrected chi connectivity index (χ4v) is 0.401. The smallest absolute Gasteiger partial charge is 0.322 e. The number of carbonyl (C=O) groups is 2. The van der Waals surface area contributed by atoms with E-state index in [1.165, 1.54) is 12.8 Å². The lowest BCUT2D eigenvalue weighted by Gasteiger charge is -2.06. The number of unbranched alkanes of at least 4 members (excludes halogenated alkanes) is 1. The van der Waals surface area contributed by atoms with Crippen molar-refractivity contribution in [1.29, 1.82) is 0 Å². The number of nitrogens with one attached hydrogen (secondary N) is 1. The SMILES string of the molecule is C.CCCC.NCC(N)C(=O)NCC(=O)O. The van der Waals surface area contributed by atoms with Gasteiger partial charge in [-0.15, -0.1) is 0 Å². The molecule has 0 radical (unpaired) electrons. The Morgan fingerprint density at radius 1 is 1.31 bits per heavy atom. The average Bonchev–Trinajstić information content (AvgIpc) is 2.24. The molecule has 1 amide bonds. The first-order valence-electron chi connectivity index (χ1n) is 4.94. The summed E-state index contributed by atoms with van der Waals surface area (Å²) in [5.74, 6) is -1.66. The fraction of sp³-hybridized carbons (Fsp3) is 0.800. The number of rotatable bonds is 5. The minimum absolute atomic E-state index is 0. The molecule has 0 heterocycles. The Morgan fingerprint density at radius 3 is 2.00 bits per heavy atom. The normalized spacial score (nSPS) is 10.2. The zero-order chi connectivity index (χ0) is 12.3. The molecule has 0 aromatic rings. The summed E-state index contributed by atoms with van der Waals surface area (Å²) >= 11 is 0. The standard InChI is InChI=1S/C5H11N3O3.C4H10.CH4/c6-1-3(7)5(11)8-2-4(9)10;1-3-4-2;/h3H,1-2,6-7H2,(H,8,11)(H,9,10);3-4H2,1-2H3;1H4. The molecule has 0 aromatic carbocycles. The zero-order valence-corrected chi connectivity index (χ0v) is 9.32. The summed E-state index contributed by atoms with van der Waals surface area (Å²) in [6.45, 7) is 3.94. The van der Waals surface area contributed by atoms with Gasteiger partial charge in [0.15, 0.2) is 0 Å². The highest BCUT2D eigenvalue weighted by molar-refractivity contribution is 5.85. The summed E-state index contributed by atoms with van der Waals surface area (Å²) < 4.78 is 0. The average molecular weight is 235 g/mol. The summed E-state index contributed by atoms with van der Waals surface area (Å²) in [7, 11) is 0. The van der Waals surface area contributed by atoms with E-state index in [4.69, 9.17) is 16.6 Å². The topological polar surface area (TPSA) is 118 Å². The zero-order valence-electron chi connectivity index (χ0n) is 9.32. The van der Waals surface area contributed by atoms with Gasteiger partial charge in [-0.25, -0.2) is 0 Å². The largest absolute Gasteiger partial charge is 0.480 e. The highest BCUT2D eigenvalue weighted by Crippen LogP contribution is 1.76. The second kappa shape index (κ2) is 13.9. The van der Waals surface area contributed by atoms with E-state index in [1.807, 2.05) is 0 Å². The van der Waals surface area contributed by atoms with Crippen LogP contribution in [0.5, 0.6) is 0 Å². The van der Waals surface area contributed by atoms with Crippen LogP contribution in [0.15, 0.2) is 0 Å². The van der Waals surface area contributed by atoms with E-state index in [1.54, 1.807) is 0 Å².